The van der Waals surface area contributed by atoms with E-state index in [2.05, 4.69) is 36.3 Å². The van der Waals surface area contributed by atoms with Gasteiger partial charge in [-0.2, -0.15) is 15.0 Å². The zero-order chi connectivity index (χ0) is 13.7. The summed E-state index contributed by atoms with van der Waals surface area (Å²) in [6.45, 7) is 8.54. The minimum absolute atomic E-state index is 0.671. The van der Waals surface area contributed by atoms with Gasteiger partial charge in [0.25, 0.3) is 0 Å². The van der Waals surface area contributed by atoms with Crippen molar-refractivity contribution in [1.29, 1.82) is 0 Å². The van der Waals surface area contributed by atoms with Crippen LogP contribution in [0.1, 0.15) is 26.5 Å². The summed E-state index contributed by atoms with van der Waals surface area (Å²) in [5, 5.41) is 12.2. The highest BCUT2D eigenvalue weighted by Gasteiger charge is 2.07. The standard InChI is InChI=1S/C15H22N4/c1-12(2)13(3)9-16-10-14-11-17-19(18-14)15-7-5-4-6-8-15/h4-8,11-13,16H,9-10H2,1-3H3. The maximum Gasteiger partial charge on any atom is 0.0969 e. The summed E-state index contributed by atoms with van der Waals surface area (Å²) in [6.07, 6.45) is 1.82. The highest BCUT2D eigenvalue weighted by Crippen LogP contribution is 2.08. The molecule has 0 spiro atoms. The van der Waals surface area contributed by atoms with E-state index < -0.39 is 0 Å². The third-order valence-corrected chi connectivity index (χ3v) is 3.44. The van der Waals surface area contributed by atoms with Crippen LogP contribution in [0, 0.1) is 11.8 Å². The van der Waals surface area contributed by atoms with E-state index in [1.165, 1.54) is 0 Å². The molecule has 4 nitrogen and oxygen atoms in total. The zero-order valence-corrected chi connectivity index (χ0v) is 11.9. The van der Waals surface area contributed by atoms with E-state index in [1.54, 1.807) is 4.80 Å². The van der Waals surface area contributed by atoms with E-state index in [9.17, 15) is 0 Å². The van der Waals surface area contributed by atoms with Crippen molar-refractivity contribution in [1.82, 2.24) is 20.3 Å². The summed E-state index contributed by atoms with van der Waals surface area (Å²) >= 11 is 0. The average molecular weight is 258 g/mol. The smallest absolute Gasteiger partial charge is 0.0969 e. The van der Waals surface area contributed by atoms with Gasteiger partial charge in [0.05, 0.1) is 17.6 Å². The number of nitrogens with zero attached hydrogens (tertiary/aromatic N) is 3. The van der Waals surface area contributed by atoms with Crippen LogP contribution in [0.5, 0.6) is 0 Å². The number of rotatable bonds is 6. The molecule has 1 atom stereocenters. The van der Waals surface area contributed by atoms with Crippen molar-refractivity contribution in [2.45, 2.75) is 27.3 Å². The van der Waals surface area contributed by atoms with E-state index in [4.69, 9.17) is 0 Å². The highest BCUT2D eigenvalue weighted by molar-refractivity contribution is 5.28. The van der Waals surface area contributed by atoms with Gasteiger partial charge in [-0.3, -0.25) is 0 Å². The fourth-order valence-corrected chi connectivity index (χ4v) is 1.72. The molecule has 102 valence electrons. The Labute approximate surface area is 114 Å². The minimum Gasteiger partial charge on any atom is -0.311 e. The van der Waals surface area contributed by atoms with Crippen LogP contribution in [0.4, 0.5) is 0 Å². The van der Waals surface area contributed by atoms with Gasteiger partial charge < -0.3 is 5.32 Å². The topological polar surface area (TPSA) is 42.7 Å². The molecule has 1 aromatic heterocycles. The van der Waals surface area contributed by atoms with Gasteiger partial charge in [-0.05, 0) is 30.5 Å². The molecule has 0 aliphatic carbocycles. The number of benzene rings is 1. The predicted octanol–water partition coefficient (Wildman–Crippen LogP) is 2.65. The second-order valence-corrected chi connectivity index (χ2v) is 5.31. The molecule has 0 saturated carbocycles. The molecule has 0 amide bonds. The molecule has 19 heavy (non-hydrogen) atoms. The second-order valence-electron chi connectivity index (χ2n) is 5.31. The van der Waals surface area contributed by atoms with Crippen molar-refractivity contribution in [2.24, 2.45) is 11.8 Å². The summed E-state index contributed by atoms with van der Waals surface area (Å²) in [5.41, 5.74) is 1.96. The van der Waals surface area contributed by atoms with Gasteiger partial charge >= 0.3 is 0 Å². The van der Waals surface area contributed by atoms with E-state index in [1.807, 2.05) is 36.5 Å². The lowest BCUT2D eigenvalue weighted by atomic mass is 9.98. The average Bonchev–Trinajstić information content (AvgIpc) is 2.88. The van der Waals surface area contributed by atoms with E-state index in [0.29, 0.717) is 11.8 Å². The molecule has 1 aromatic carbocycles. The Balaban J connectivity index is 1.88. The lowest BCUT2D eigenvalue weighted by Crippen LogP contribution is -2.24. The summed E-state index contributed by atoms with van der Waals surface area (Å²) in [6, 6.07) is 9.96. The SMILES string of the molecule is CC(C)C(C)CNCc1cnn(-c2ccccc2)n1. The van der Waals surface area contributed by atoms with E-state index in [-0.39, 0.29) is 0 Å². The summed E-state index contributed by atoms with van der Waals surface area (Å²) in [5.74, 6) is 1.37. The first kappa shape index (κ1) is 13.7. The summed E-state index contributed by atoms with van der Waals surface area (Å²) < 4.78 is 0. The molecule has 0 aliphatic heterocycles. The van der Waals surface area contributed by atoms with Crippen molar-refractivity contribution >= 4 is 0 Å². The van der Waals surface area contributed by atoms with Crippen LogP contribution in [-0.4, -0.2) is 21.5 Å². The molecule has 1 unspecified atom stereocenters. The quantitative estimate of drug-likeness (QED) is 0.866. The van der Waals surface area contributed by atoms with Gasteiger partial charge in [-0.25, -0.2) is 0 Å². The fraction of sp³-hybridized carbons (Fsp3) is 0.467. The third-order valence-electron chi connectivity index (χ3n) is 3.44. The first-order valence-electron chi connectivity index (χ1n) is 6.84. The Morgan fingerprint density at radius 2 is 1.89 bits per heavy atom. The molecule has 0 fully saturated rings. The van der Waals surface area contributed by atoms with Crippen LogP contribution in [0.25, 0.3) is 5.69 Å². The van der Waals surface area contributed by atoms with Crippen LogP contribution in [0.15, 0.2) is 36.5 Å². The molecular formula is C15H22N4. The molecule has 2 rings (SSSR count). The monoisotopic (exact) mass is 258 g/mol. The van der Waals surface area contributed by atoms with Gasteiger partial charge in [0.15, 0.2) is 0 Å². The normalized spacial score (nSPS) is 12.8. The number of hydrogen-bond acceptors (Lipinski definition) is 3. The number of nitrogens with one attached hydrogen (secondary N) is 1. The Kier molecular flexibility index (Phi) is 4.68. The lowest BCUT2D eigenvalue weighted by molar-refractivity contribution is 0.391. The first-order chi connectivity index (χ1) is 9.16. The molecule has 0 radical (unpaired) electrons. The minimum atomic E-state index is 0.671. The second kappa shape index (κ2) is 6.48. The molecule has 0 bridgehead atoms. The molecule has 2 aromatic rings. The Hall–Kier alpha value is -1.68. The van der Waals surface area contributed by atoms with Crippen LogP contribution in [0.3, 0.4) is 0 Å². The van der Waals surface area contributed by atoms with Crippen molar-refractivity contribution < 1.29 is 0 Å². The molecule has 0 saturated heterocycles. The van der Waals surface area contributed by atoms with Crippen molar-refractivity contribution in [3.63, 3.8) is 0 Å². The van der Waals surface area contributed by atoms with Crippen molar-refractivity contribution in [3.8, 4) is 5.69 Å². The Morgan fingerprint density at radius 3 is 2.58 bits per heavy atom. The number of para-hydroxylation sites is 1. The van der Waals surface area contributed by atoms with Crippen molar-refractivity contribution in [2.75, 3.05) is 6.54 Å². The van der Waals surface area contributed by atoms with Gasteiger partial charge in [0.1, 0.15) is 0 Å². The molecule has 4 heteroatoms. The first-order valence-corrected chi connectivity index (χ1v) is 6.84. The summed E-state index contributed by atoms with van der Waals surface area (Å²) in [4.78, 5) is 1.67. The van der Waals surface area contributed by atoms with Crippen LogP contribution in [-0.2, 0) is 6.54 Å². The third kappa shape index (κ3) is 3.89. The van der Waals surface area contributed by atoms with Gasteiger partial charge in [-0.15, -0.1) is 0 Å². The fourth-order valence-electron chi connectivity index (χ4n) is 1.72. The highest BCUT2D eigenvalue weighted by atomic mass is 15.5. The maximum atomic E-state index is 4.47. The van der Waals surface area contributed by atoms with Crippen LogP contribution < -0.4 is 5.32 Å². The zero-order valence-electron chi connectivity index (χ0n) is 11.9. The Bertz CT molecular complexity index is 490. The number of aromatic nitrogens is 3. The molecule has 1 heterocycles. The van der Waals surface area contributed by atoms with Gasteiger partial charge in [-0.1, -0.05) is 39.0 Å². The van der Waals surface area contributed by atoms with Gasteiger partial charge in [0, 0.05) is 6.54 Å². The largest absolute Gasteiger partial charge is 0.311 e. The predicted molar refractivity (Wildman–Crippen MR) is 77.1 cm³/mol. The number of hydrogen-bond donors (Lipinski definition) is 1. The maximum absolute atomic E-state index is 4.47. The van der Waals surface area contributed by atoms with Gasteiger partial charge in [0.2, 0.25) is 0 Å². The molecule has 0 aliphatic rings. The molecule has 1 N–H and O–H groups in total. The van der Waals surface area contributed by atoms with E-state index in [0.717, 1.165) is 24.5 Å². The van der Waals surface area contributed by atoms with E-state index >= 15 is 0 Å². The van der Waals surface area contributed by atoms with Crippen molar-refractivity contribution in [3.05, 3.63) is 42.2 Å². The Morgan fingerprint density at radius 1 is 1.16 bits per heavy atom. The lowest BCUT2D eigenvalue weighted by Gasteiger charge is -2.15. The molecular weight excluding hydrogens is 236 g/mol. The summed E-state index contributed by atoms with van der Waals surface area (Å²) in [7, 11) is 0. The van der Waals surface area contributed by atoms with Crippen LogP contribution in [0.2, 0.25) is 0 Å². The van der Waals surface area contributed by atoms with Crippen LogP contribution >= 0.6 is 0 Å².